The fourth-order valence-electron chi connectivity index (χ4n) is 3.26. The average Bonchev–Trinajstić information content (AvgIpc) is 2.96. The standard InChI is InChI=1S/C22H24N4O4S/c1-14-6-4-7-15(10-14)23-20(27)13-31-22-25-24-21(26(22)2)16-11-18-19(12-17(16)28-3)30-9-5-8-29-18/h4,6-7,10-12H,5,8-9,13H2,1-3H3,(H,23,27). The molecule has 1 aliphatic rings. The molecule has 1 aliphatic heterocycles. The van der Waals surface area contributed by atoms with Gasteiger partial charge in [0.15, 0.2) is 22.5 Å². The second-order valence-electron chi connectivity index (χ2n) is 7.12. The molecule has 0 unspecified atom stereocenters. The van der Waals surface area contributed by atoms with Crippen molar-refractivity contribution in [1.29, 1.82) is 0 Å². The fraction of sp³-hybridized carbons (Fsp3) is 0.318. The second-order valence-corrected chi connectivity index (χ2v) is 8.06. The number of nitrogens with zero attached hydrogens (tertiary/aromatic N) is 3. The maximum Gasteiger partial charge on any atom is 0.234 e. The number of carbonyl (C=O) groups excluding carboxylic acids is 1. The van der Waals surface area contributed by atoms with Crippen molar-refractivity contribution in [3.63, 3.8) is 0 Å². The number of amides is 1. The first-order valence-electron chi connectivity index (χ1n) is 9.92. The number of thioether (sulfide) groups is 1. The summed E-state index contributed by atoms with van der Waals surface area (Å²) >= 11 is 1.32. The van der Waals surface area contributed by atoms with E-state index in [1.54, 1.807) is 7.11 Å². The molecule has 2 aromatic carbocycles. The Morgan fingerprint density at radius 1 is 1.19 bits per heavy atom. The van der Waals surface area contributed by atoms with Crippen molar-refractivity contribution in [1.82, 2.24) is 14.8 Å². The number of ether oxygens (including phenoxy) is 3. The Labute approximate surface area is 184 Å². The van der Waals surface area contributed by atoms with Crippen LogP contribution in [-0.2, 0) is 11.8 Å². The molecule has 31 heavy (non-hydrogen) atoms. The van der Waals surface area contributed by atoms with E-state index in [1.807, 2.05) is 54.9 Å². The van der Waals surface area contributed by atoms with E-state index >= 15 is 0 Å². The quantitative estimate of drug-likeness (QED) is 0.585. The predicted octanol–water partition coefficient (Wildman–Crippen LogP) is 3.69. The van der Waals surface area contributed by atoms with Gasteiger partial charge in [0, 0.05) is 25.2 Å². The Morgan fingerprint density at radius 3 is 2.71 bits per heavy atom. The second kappa shape index (κ2) is 9.30. The van der Waals surface area contributed by atoms with Crippen LogP contribution in [0.3, 0.4) is 0 Å². The van der Waals surface area contributed by atoms with E-state index in [-0.39, 0.29) is 11.7 Å². The highest BCUT2D eigenvalue weighted by molar-refractivity contribution is 7.99. The maximum absolute atomic E-state index is 12.3. The molecule has 1 aromatic heterocycles. The Bertz CT molecular complexity index is 1100. The molecule has 0 aliphatic carbocycles. The highest BCUT2D eigenvalue weighted by Gasteiger charge is 2.21. The molecule has 2 heterocycles. The Kier molecular flexibility index (Phi) is 6.31. The van der Waals surface area contributed by atoms with Crippen LogP contribution in [0.15, 0.2) is 41.6 Å². The Hall–Kier alpha value is -3.20. The minimum Gasteiger partial charge on any atom is -0.496 e. The molecular weight excluding hydrogens is 416 g/mol. The minimum absolute atomic E-state index is 0.103. The summed E-state index contributed by atoms with van der Waals surface area (Å²) in [7, 11) is 3.46. The van der Waals surface area contributed by atoms with Crippen LogP contribution < -0.4 is 19.5 Å². The number of rotatable bonds is 6. The number of hydrogen-bond acceptors (Lipinski definition) is 7. The van der Waals surface area contributed by atoms with Gasteiger partial charge in [-0.05, 0) is 30.7 Å². The lowest BCUT2D eigenvalue weighted by Gasteiger charge is -2.13. The summed E-state index contributed by atoms with van der Waals surface area (Å²) in [5.41, 5.74) is 2.62. The molecule has 0 bridgehead atoms. The summed E-state index contributed by atoms with van der Waals surface area (Å²) in [5.74, 6) is 2.67. The van der Waals surface area contributed by atoms with E-state index in [4.69, 9.17) is 14.2 Å². The van der Waals surface area contributed by atoms with Crippen LogP contribution >= 0.6 is 11.8 Å². The summed E-state index contributed by atoms with van der Waals surface area (Å²) < 4.78 is 18.9. The largest absolute Gasteiger partial charge is 0.496 e. The van der Waals surface area contributed by atoms with Crippen molar-refractivity contribution in [2.24, 2.45) is 7.05 Å². The predicted molar refractivity (Wildman–Crippen MR) is 119 cm³/mol. The Morgan fingerprint density at radius 2 is 1.97 bits per heavy atom. The van der Waals surface area contributed by atoms with Crippen LogP contribution in [0.2, 0.25) is 0 Å². The van der Waals surface area contributed by atoms with Gasteiger partial charge in [0.2, 0.25) is 5.91 Å². The van der Waals surface area contributed by atoms with E-state index in [1.165, 1.54) is 11.8 Å². The summed E-state index contributed by atoms with van der Waals surface area (Å²) in [5, 5.41) is 12.1. The van der Waals surface area contributed by atoms with Crippen LogP contribution in [0.5, 0.6) is 17.2 Å². The molecule has 0 saturated carbocycles. The van der Waals surface area contributed by atoms with Gasteiger partial charge in [-0.2, -0.15) is 0 Å². The van der Waals surface area contributed by atoms with Crippen LogP contribution in [0.1, 0.15) is 12.0 Å². The molecule has 0 radical (unpaired) electrons. The number of methoxy groups -OCH3 is 1. The molecule has 0 fully saturated rings. The van der Waals surface area contributed by atoms with Crippen molar-refractivity contribution >= 4 is 23.4 Å². The zero-order valence-electron chi connectivity index (χ0n) is 17.7. The number of anilines is 1. The number of benzene rings is 2. The summed E-state index contributed by atoms with van der Waals surface area (Å²) in [6.45, 7) is 3.18. The van der Waals surface area contributed by atoms with Gasteiger partial charge in [-0.15, -0.1) is 10.2 Å². The van der Waals surface area contributed by atoms with Gasteiger partial charge < -0.3 is 24.1 Å². The normalized spacial score (nSPS) is 12.9. The number of hydrogen-bond donors (Lipinski definition) is 1. The first-order valence-corrected chi connectivity index (χ1v) is 10.9. The van der Waals surface area contributed by atoms with Crippen molar-refractivity contribution in [2.45, 2.75) is 18.5 Å². The number of aromatic nitrogens is 3. The third-order valence-electron chi connectivity index (χ3n) is 4.78. The first kappa shape index (κ1) is 21.0. The number of fused-ring (bicyclic) bond motifs is 1. The highest BCUT2D eigenvalue weighted by Crippen LogP contribution is 2.41. The molecule has 8 nitrogen and oxygen atoms in total. The molecule has 162 valence electrons. The molecule has 0 spiro atoms. The molecule has 9 heteroatoms. The highest BCUT2D eigenvalue weighted by atomic mass is 32.2. The van der Waals surface area contributed by atoms with Gasteiger partial charge in [0.1, 0.15) is 5.75 Å². The van der Waals surface area contributed by atoms with Gasteiger partial charge in [-0.25, -0.2) is 0 Å². The SMILES string of the molecule is COc1cc2c(cc1-c1nnc(SCC(=O)Nc3cccc(C)c3)n1C)OCCCO2. The van der Waals surface area contributed by atoms with E-state index in [9.17, 15) is 4.79 Å². The van der Waals surface area contributed by atoms with Gasteiger partial charge >= 0.3 is 0 Å². The van der Waals surface area contributed by atoms with Crippen molar-refractivity contribution in [3.8, 4) is 28.6 Å². The molecule has 4 rings (SSSR count). The van der Waals surface area contributed by atoms with Crippen LogP contribution in [-0.4, -0.2) is 46.7 Å². The summed E-state index contributed by atoms with van der Waals surface area (Å²) in [6, 6.07) is 11.4. The summed E-state index contributed by atoms with van der Waals surface area (Å²) in [6.07, 6.45) is 0.821. The minimum atomic E-state index is -0.103. The fourth-order valence-corrected chi connectivity index (χ4v) is 3.97. The monoisotopic (exact) mass is 440 g/mol. The van der Waals surface area contributed by atoms with Gasteiger partial charge in [0.05, 0.1) is 31.6 Å². The molecule has 3 aromatic rings. The van der Waals surface area contributed by atoms with Crippen LogP contribution in [0, 0.1) is 6.92 Å². The first-order chi connectivity index (χ1) is 15.0. The van der Waals surface area contributed by atoms with E-state index < -0.39 is 0 Å². The lowest BCUT2D eigenvalue weighted by molar-refractivity contribution is -0.113. The van der Waals surface area contributed by atoms with Crippen LogP contribution in [0.4, 0.5) is 5.69 Å². The summed E-state index contributed by atoms with van der Waals surface area (Å²) in [4.78, 5) is 12.3. The maximum atomic E-state index is 12.3. The smallest absolute Gasteiger partial charge is 0.234 e. The van der Waals surface area contributed by atoms with Crippen molar-refractivity contribution in [3.05, 3.63) is 42.0 Å². The molecule has 0 atom stereocenters. The molecule has 1 N–H and O–H groups in total. The number of nitrogens with one attached hydrogen (secondary N) is 1. The molecule has 0 saturated heterocycles. The zero-order chi connectivity index (χ0) is 21.8. The lowest BCUT2D eigenvalue weighted by atomic mass is 10.1. The number of carbonyl (C=O) groups is 1. The Balaban J connectivity index is 1.50. The molecule has 1 amide bonds. The topological polar surface area (TPSA) is 87.5 Å². The third-order valence-corrected chi connectivity index (χ3v) is 5.80. The van der Waals surface area contributed by atoms with Gasteiger partial charge in [0.25, 0.3) is 0 Å². The lowest BCUT2D eigenvalue weighted by Crippen LogP contribution is -2.14. The van der Waals surface area contributed by atoms with Crippen molar-refractivity contribution < 1.29 is 19.0 Å². The number of aryl methyl sites for hydroxylation is 1. The average molecular weight is 441 g/mol. The molecular formula is C22H24N4O4S. The van der Waals surface area contributed by atoms with Gasteiger partial charge in [-0.3, -0.25) is 4.79 Å². The zero-order valence-corrected chi connectivity index (χ0v) is 18.5. The van der Waals surface area contributed by atoms with E-state index in [0.717, 1.165) is 23.2 Å². The van der Waals surface area contributed by atoms with Crippen LogP contribution in [0.25, 0.3) is 11.4 Å². The van der Waals surface area contributed by atoms with E-state index in [2.05, 4.69) is 15.5 Å². The van der Waals surface area contributed by atoms with Crippen molar-refractivity contribution in [2.75, 3.05) is 31.4 Å². The van der Waals surface area contributed by atoms with Gasteiger partial charge in [-0.1, -0.05) is 23.9 Å². The van der Waals surface area contributed by atoms with E-state index in [0.29, 0.717) is 41.4 Å². The third kappa shape index (κ3) is 4.77.